The quantitative estimate of drug-likeness (QED) is 0.0995. The molecule has 1 saturated heterocycles. The van der Waals surface area contributed by atoms with Crippen molar-refractivity contribution >= 4 is 63.5 Å². The third-order valence-electron chi connectivity index (χ3n) is 6.84. The molecule has 43 heavy (non-hydrogen) atoms. The fourth-order valence-electron chi connectivity index (χ4n) is 4.57. The van der Waals surface area contributed by atoms with E-state index in [9.17, 15) is 26.7 Å². The smallest absolute Gasteiger partial charge is 0.293 e. The Kier molecular flexibility index (Phi) is 8.81. The van der Waals surface area contributed by atoms with Gasteiger partial charge in [0.2, 0.25) is 5.82 Å². The summed E-state index contributed by atoms with van der Waals surface area (Å²) in [5, 5.41) is 6.26. The zero-order valence-corrected chi connectivity index (χ0v) is 24.5. The topological polar surface area (TPSA) is 60.8 Å². The van der Waals surface area contributed by atoms with Crippen LogP contribution in [0.25, 0.3) is 11.3 Å². The molecule has 0 aliphatic carbocycles. The zero-order chi connectivity index (χ0) is 31.0. The highest BCUT2D eigenvalue weighted by atomic mass is 35.5. The van der Waals surface area contributed by atoms with Gasteiger partial charge in [-0.1, -0.05) is 35.3 Å². The van der Waals surface area contributed by atoms with Gasteiger partial charge in [-0.3, -0.25) is 10.1 Å². The summed E-state index contributed by atoms with van der Waals surface area (Å²) in [7, 11) is 0. The van der Waals surface area contributed by atoms with E-state index in [0.29, 0.717) is 32.7 Å². The first-order valence-electron chi connectivity index (χ1n) is 12.7. The minimum Gasteiger partial charge on any atom is -0.451 e. The number of hydrogen-bond acceptors (Lipinski definition) is 5. The first-order valence-corrected chi connectivity index (χ1v) is 13.9. The van der Waals surface area contributed by atoms with Crippen LogP contribution in [-0.2, 0) is 0 Å². The fourth-order valence-corrected chi connectivity index (χ4v) is 5.26. The largest absolute Gasteiger partial charge is 0.451 e. The second kappa shape index (κ2) is 12.4. The molecule has 1 amide bonds. The van der Waals surface area contributed by atoms with E-state index in [-0.39, 0.29) is 37.1 Å². The summed E-state index contributed by atoms with van der Waals surface area (Å²) in [6, 6.07) is 13.5. The van der Waals surface area contributed by atoms with Crippen molar-refractivity contribution in [2.45, 2.75) is 6.92 Å². The number of carbonyl (C=O) groups excluding carboxylic acids is 1. The Morgan fingerprint density at radius 3 is 2.07 bits per heavy atom. The monoisotopic (exact) mass is 654 g/mol. The number of nitrogens with zero attached hydrogens (tertiary/aromatic N) is 2. The lowest BCUT2D eigenvalue weighted by Crippen LogP contribution is -2.47. The molecule has 0 saturated carbocycles. The lowest BCUT2D eigenvalue weighted by Gasteiger charge is -2.38. The van der Waals surface area contributed by atoms with Gasteiger partial charge in [-0.2, -0.15) is 0 Å². The van der Waals surface area contributed by atoms with Crippen molar-refractivity contribution in [2.24, 2.45) is 0 Å². The number of nitrogens with one attached hydrogen (secondary N) is 2. The van der Waals surface area contributed by atoms with E-state index in [2.05, 4.69) is 10.6 Å². The third-order valence-corrected chi connectivity index (χ3v) is 7.76. The molecule has 0 spiro atoms. The predicted octanol–water partition coefficient (Wildman–Crippen LogP) is 7.71. The van der Waals surface area contributed by atoms with Gasteiger partial charge in [-0.15, -0.1) is 0 Å². The Balaban J connectivity index is 1.19. The first kappa shape index (κ1) is 30.6. The molecule has 6 nitrogen and oxygen atoms in total. The summed E-state index contributed by atoms with van der Waals surface area (Å²) in [4.78, 5) is 15.6. The van der Waals surface area contributed by atoms with Crippen molar-refractivity contribution < 1.29 is 31.2 Å². The number of piperazine rings is 1. The molecule has 3 aromatic carbocycles. The Morgan fingerprint density at radius 2 is 1.44 bits per heavy atom. The van der Waals surface area contributed by atoms with Gasteiger partial charge in [-0.05, 0) is 61.1 Å². The summed E-state index contributed by atoms with van der Waals surface area (Å²) < 4.78 is 74.9. The average molecular weight is 655 g/mol. The molecule has 2 heterocycles. The number of benzene rings is 3. The van der Waals surface area contributed by atoms with E-state index in [1.807, 2.05) is 24.0 Å². The van der Waals surface area contributed by atoms with Crippen molar-refractivity contribution in [3.8, 4) is 11.3 Å². The van der Waals surface area contributed by atoms with Gasteiger partial charge in [0, 0.05) is 42.5 Å². The summed E-state index contributed by atoms with van der Waals surface area (Å²) in [6.07, 6.45) is 0. The molecule has 4 aromatic rings. The van der Waals surface area contributed by atoms with Gasteiger partial charge >= 0.3 is 0 Å². The molecule has 1 aromatic heterocycles. The lowest BCUT2D eigenvalue weighted by molar-refractivity contribution is 0.0951. The summed E-state index contributed by atoms with van der Waals surface area (Å²) in [5.74, 6) is -9.99. The number of carbonyl (C=O) groups is 1. The van der Waals surface area contributed by atoms with Crippen LogP contribution in [0.4, 0.5) is 39.0 Å². The van der Waals surface area contributed by atoms with E-state index >= 15 is 0 Å². The lowest BCUT2D eigenvalue weighted by atomic mass is 10.1. The van der Waals surface area contributed by atoms with Crippen LogP contribution in [0.5, 0.6) is 0 Å². The van der Waals surface area contributed by atoms with E-state index in [1.54, 1.807) is 30.3 Å². The van der Waals surface area contributed by atoms with Gasteiger partial charge < -0.3 is 19.5 Å². The molecule has 1 fully saturated rings. The average Bonchev–Trinajstić information content (AvgIpc) is 3.48. The highest BCUT2D eigenvalue weighted by molar-refractivity contribution is 7.80. The van der Waals surface area contributed by atoms with Gasteiger partial charge in [-0.25, -0.2) is 22.0 Å². The summed E-state index contributed by atoms with van der Waals surface area (Å²) in [5.41, 5.74) is 1.71. The minimum atomic E-state index is -2.20. The van der Waals surface area contributed by atoms with Crippen LogP contribution in [0.3, 0.4) is 0 Å². The maximum absolute atomic E-state index is 14.2. The molecular formula is C29H21Cl2F5N4O2S. The van der Waals surface area contributed by atoms with Crippen molar-refractivity contribution in [3.63, 3.8) is 0 Å². The normalized spacial score (nSPS) is 13.3. The number of rotatable bonds is 5. The summed E-state index contributed by atoms with van der Waals surface area (Å²) in [6.45, 7) is 2.23. The van der Waals surface area contributed by atoms with E-state index < -0.39 is 40.7 Å². The molecule has 0 atom stereocenters. The molecule has 0 unspecified atom stereocenters. The van der Waals surface area contributed by atoms with Crippen LogP contribution in [0.15, 0.2) is 52.9 Å². The number of thiocarbonyl (C=S) groups is 1. The minimum absolute atomic E-state index is 0.0124. The van der Waals surface area contributed by atoms with Crippen molar-refractivity contribution in [1.82, 2.24) is 5.32 Å². The molecule has 1 aliphatic rings. The zero-order valence-electron chi connectivity index (χ0n) is 22.2. The number of amides is 1. The van der Waals surface area contributed by atoms with E-state index in [1.165, 1.54) is 6.07 Å². The maximum atomic E-state index is 14.2. The number of halogens is 7. The van der Waals surface area contributed by atoms with Crippen LogP contribution in [0, 0.1) is 36.0 Å². The number of anilines is 3. The maximum Gasteiger partial charge on any atom is 0.293 e. The van der Waals surface area contributed by atoms with Crippen LogP contribution in [0.2, 0.25) is 10.0 Å². The molecular weight excluding hydrogens is 634 g/mol. The van der Waals surface area contributed by atoms with Gasteiger partial charge in [0.05, 0.1) is 10.7 Å². The van der Waals surface area contributed by atoms with Crippen molar-refractivity contribution in [1.29, 1.82) is 0 Å². The first-order chi connectivity index (χ1) is 20.4. The molecule has 0 radical (unpaired) electrons. The SMILES string of the molecule is Cc1ccc(-c2ccc(C(=O)NC(=S)Nc3ccc(N4CCN(c5c(F)c(F)c(F)c(F)c5F)CC4)c(Cl)c3)o2)cc1Cl. The Morgan fingerprint density at radius 1 is 0.814 bits per heavy atom. The molecule has 14 heteroatoms. The number of furan rings is 1. The second-order valence-electron chi connectivity index (χ2n) is 9.59. The molecule has 224 valence electrons. The molecule has 2 N–H and O–H groups in total. The van der Waals surface area contributed by atoms with E-state index in [0.717, 1.165) is 10.5 Å². The second-order valence-corrected chi connectivity index (χ2v) is 10.8. The third kappa shape index (κ3) is 6.27. The highest BCUT2D eigenvalue weighted by Gasteiger charge is 2.31. The van der Waals surface area contributed by atoms with Crippen LogP contribution in [0.1, 0.15) is 16.1 Å². The van der Waals surface area contributed by atoms with Crippen molar-refractivity contribution in [2.75, 3.05) is 41.3 Å². The van der Waals surface area contributed by atoms with Crippen LogP contribution in [-0.4, -0.2) is 37.2 Å². The van der Waals surface area contributed by atoms with Crippen LogP contribution >= 0.6 is 35.4 Å². The highest BCUT2D eigenvalue weighted by Crippen LogP contribution is 2.34. The Labute approximate surface area is 258 Å². The van der Waals surface area contributed by atoms with Gasteiger partial charge in [0.25, 0.3) is 5.91 Å². The number of aryl methyl sites for hydroxylation is 1. The van der Waals surface area contributed by atoms with Gasteiger partial charge in [0.1, 0.15) is 11.4 Å². The Bertz CT molecular complexity index is 1720. The van der Waals surface area contributed by atoms with Gasteiger partial charge in [0.15, 0.2) is 34.1 Å². The Hall–Kier alpha value is -3.87. The summed E-state index contributed by atoms with van der Waals surface area (Å²) >= 11 is 17.9. The molecule has 0 bridgehead atoms. The van der Waals surface area contributed by atoms with Crippen LogP contribution < -0.4 is 20.4 Å². The van der Waals surface area contributed by atoms with E-state index in [4.69, 9.17) is 39.8 Å². The molecule has 5 rings (SSSR count). The standard InChI is InChI=1S/C29H21Cl2F5N4O2S/c1-14-2-3-15(12-17(14)30)20-6-7-21(42-20)28(41)38-29(43)37-16-4-5-19(18(31)13-16)39-8-10-40(11-9-39)27-25(35)23(33)22(32)24(34)26(27)36/h2-7,12-13H,8-11H2,1H3,(H2,37,38,41,43). The predicted molar refractivity (Wildman–Crippen MR) is 160 cm³/mol. The van der Waals surface area contributed by atoms with Crippen molar-refractivity contribution in [3.05, 3.63) is 99.0 Å². The fraction of sp³-hybridized carbons (Fsp3) is 0.172. The molecule has 1 aliphatic heterocycles. The number of hydrogen-bond donors (Lipinski definition) is 2.